The molecular formula is C23H25N5O3S. The smallest absolute Gasteiger partial charge is 0.163 e. The number of fused-ring (bicyclic) bond motifs is 2. The van der Waals surface area contributed by atoms with E-state index in [1.54, 1.807) is 17.5 Å². The number of aromatic amines is 1. The van der Waals surface area contributed by atoms with Gasteiger partial charge in [0.05, 0.1) is 35.1 Å². The molecule has 2 aliphatic rings. The average molecular weight is 452 g/mol. The minimum Gasteiger partial charge on any atom is -0.385 e. The van der Waals surface area contributed by atoms with Gasteiger partial charge in [-0.25, -0.2) is 15.0 Å². The van der Waals surface area contributed by atoms with E-state index in [-0.39, 0.29) is 6.04 Å². The van der Waals surface area contributed by atoms with Crippen molar-refractivity contribution in [1.29, 1.82) is 0 Å². The normalized spacial score (nSPS) is 21.4. The van der Waals surface area contributed by atoms with Crippen molar-refractivity contribution in [2.45, 2.75) is 31.4 Å². The molecule has 6 heterocycles. The number of thiophene rings is 1. The molecule has 6 rings (SSSR count). The van der Waals surface area contributed by atoms with E-state index in [0.29, 0.717) is 45.1 Å². The lowest BCUT2D eigenvalue weighted by Gasteiger charge is -2.35. The lowest BCUT2D eigenvalue weighted by Crippen LogP contribution is -2.44. The molecule has 2 fully saturated rings. The van der Waals surface area contributed by atoms with E-state index in [1.807, 2.05) is 18.3 Å². The van der Waals surface area contributed by atoms with E-state index >= 15 is 0 Å². The van der Waals surface area contributed by atoms with Crippen molar-refractivity contribution in [3.63, 3.8) is 0 Å². The third-order valence-corrected chi connectivity index (χ3v) is 7.52. The highest BCUT2D eigenvalue weighted by molar-refractivity contribution is 7.18. The number of aliphatic hydroxyl groups is 1. The van der Waals surface area contributed by atoms with Crippen LogP contribution in [0.1, 0.15) is 25.3 Å². The summed E-state index contributed by atoms with van der Waals surface area (Å²) >= 11 is 1.61. The standard InChI is InChI=1S/C23H25N5O3S/c1-14-12-31-11-8-28(14)22-19-18(17(13-32-19)23(29)4-9-30-10-5-23)26-21(27-22)16-3-7-25-20-15(16)2-6-24-20/h2-3,6-7,13-14,29H,4-5,8-12H2,1H3,(H,24,25)/t14-/m1/s1. The van der Waals surface area contributed by atoms with E-state index in [0.717, 1.165) is 44.7 Å². The number of anilines is 1. The van der Waals surface area contributed by atoms with E-state index in [2.05, 4.69) is 27.2 Å². The van der Waals surface area contributed by atoms with Crippen LogP contribution < -0.4 is 4.90 Å². The first-order chi connectivity index (χ1) is 15.6. The molecule has 8 nitrogen and oxygen atoms in total. The van der Waals surface area contributed by atoms with Gasteiger partial charge in [-0.15, -0.1) is 11.3 Å². The number of H-pyrrole nitrogens is 1. The van der Waals surface area contributed by atoms with Crippen LogP contribution >= 0.6 is 11.3 Å². The fourth-order valence-electron chi connectivity index (χ4n) is 4.72. The molecule has 0 saturated carbocycles. The Morgan fingerprint density at radius 3 is 2.91 bits per heavy atom. The Balaban J connectivity index is 1.60. The van der Waals surface area contributed by atoms with Gasteiger partial charge in [-0.05, 0) is 24.4 Å². The zero-order valence-electron chi connectivity index (χ0n) is 17.9. The van der Waals surface area contributed by atoms with Crippen molar-refractivity contribution in [3.05, 3.63) is 35.5 Å². The van der Waals surface area contributed by atoms with Gasteiger partial charge in [-0.2, -0.15) is 0 Å². The third-order valence-electron chi connectivity index (χ3n) is 6.56. The molecule has 166 valence electrons. The minimum atomic E-state index is -0.933. The summed E-state index contributed by atoms with van der Waals surface area (Å²) in [6.45, 7) is 5.36. The average Bonchev–Trinajstić information content (AvgIpc) is 3.47. The maximum absolute atomic E-state index is 11.5. The Morgan fingerprint density at radius 2 is 2.06 bits per heavy atom. The van der Waals surface area contributed by atoms with Crippen molar-refractivity contribution in [2.75, 3.05) is 37.9 Å². The number of nitrogens with one attached hydrogen (secondary N) is 1. The highest BCUT2D eigenvalue weighted by atomic mass is 32.1. The molecular weight excluding hydrogens is 426 g/mol. The number of ether oxygens (including phenoxy) is 2. The summed E-state index contributed by atoms with van der Waals surface area (Å²) < 4.78 is 12.2. The maximum atomic E-state index is 11.5. The molecule has 4 aromatic heterocycles. The van der Waals surface area contributed by atoms with E-state index in [1.165, 1.54) is 0 Å². The van der Waals surface area contributed by atoms with Crippen LogP contribution in [0.15, 0.2) is 29.9 Å². The van der Waals surface area contributed by atoms with Crippen molar-refractivity contribution in [2.24, 2.45) is 0 Å². The van der Waals surface area contributed by atoms with Gasteiger partial charge in [0.2, 0.25) is 0 Å². The first-order valence-electron chi connectivity index (χ1n) is 11.0. The summed E-state index contributed by atoms with van der Waals surface area (Å²) in [5.74, 6) is 1.56. The largest absolute Gasteiger partial charge is 0.385 e. The molecule has 2 saturated heterocycles. The minimum absolute atomic E-state index is 0.205. The molecule has 0 bridgehead atoms. The van der Waals surface area contributed by atoms with Crippen LogP contribution in [-0.4, -0.2) is 64.1 Å². The number of pyridine rings is 1. The first-order valence-corrected chi connectivity index (χ1v) is 11.9. The summed E-state index contributed by atoms with van der Waals surface area (Å²) in [7, 11) is 0. The molecule has 0 radical (unpaired) electrons. The van der Waals surface area contributed by atoms with Crippen LogP contribution in [0.5, 0.6) is 0 Å². The summed E-state index contributed by atoms with van der Waals surface area (Å²) in [5.41, 5.74) is 2.51. The van der Waals surface area contributed by atoms with Gasteiger partial charge in [0, 0.05) is 61.5 Å². The molecule has 0 spiro atoms. The van der Waals surface area contributed by atoms with Crippen molar-refractivity contribution in [1.82, 2.24) is 19.9 Å². The van der Waals surface area contributed by atoms with Crippen LogP contribution in [0.25, 0.3) is 32.6 Å². The SMILES string of the molecule is C[C@@H]1COCCN1c1nc(-c2ccnc3[nH]ccc23)nc2c(C3(O)CCOCC3)csc12. The Labute approximate surface area is 189 Å². The lowest BCUT2D eigenvalue weighted by atomic mass is 9.87. The van der Waals surface area contributed by atoms with Crippen molar-refractivity contribution < 1.29 is 14.6 Å². The Hall–Kier alpha value is -2.59. The fourth-order valence-corrected chi connectivity index (χ4v) is 5.83. The second-order valence-electron chi connectivity index (χ2n) is 8.56. The highest BCUT2D eigenvalue weighted by Crippen LogP contribution is 2.43. The zero-order valence-corrected chi connectivity index (χ0v) is 18.7. The molecule has 32 heavy (non-hydrogen) atoms. The fraction of sp³-hybridized carbons (Fsp3) is 0.435. The van der Waals surface area contributed by atoms with Gasteiger partial charge >= 0.3 is 0 Å². The Kier molecular flexibility index (Phi) is 4.87. The van der Waals surface area contributed by atoms with Crippen LogP contribution in [0, 0.1) is 0 Å². The number of aromatic nitrogens is 4. The molecule has 9 heteroatoms. The van der Waals surface area contributed by atoms with Gasteiger partial charge in [0.25, 0.3) is 0 Å². The van der Waals surface area contributed by atoms with Gasteiger partial charge < -0.3 is 24.5 Å². The Bertz CT molecular complexity index is 1280. The zero-order chi connectivity index (χ0) is 21.7. The molecule has 2 N–H and O–H groups in total. The molecule has 2 aliphatic heterocycles. The predicted octanol–water partition coefficient (Wildman–Crippen LogP) is 3.46. The second-order valence-corrected chi connectivity index (χ2v) is 9.44. The van der Waals surface area contributed by atoms with E-state index in [9.17, 15) is 5.11 Å². The topological polar surface area (TPSA) is 96.4 Å². The monoisotopic (exact) mass is 451 g/mol. The van der Waals surface area contributed by atoms with E-state index in [4.69, 9.17) is 19.4 Å². The molecule has 0 amide bonds. The molecule has 0 aromatic carbocycles. The van der Waals surface area contributed by atoms with Crippen LogP contribution in [-0.2, 0) is 15.1 Å². The molecule has 0 unspecified atom stereocenters. The second kappa shape index (κ2) is 7.77. The molecule has 4 aromatic rings. The molecule has 0 aliphatic carbocycles. The summed E-state index contributed by atoms with van der Waals surface area (Å²) in [5, 5.41) is 14.5. The van der Waals surface area contributed by atoms with Gasteiger partial charge in [0.1, 0.15) is 5.65 Å². The summed E-state index contributed by atoms with van der Waals surface area (Å²) in [6.07, 6.45) is 4.79. The third kappa shape index (κ3) is 3.19. The number of hydrogen-bond acceptors (Lipinski definition) is 8. The number of hydrogen-bond donors (Lipinski definition) is 2. The summed E-state index contributed by atoms with van der Waals surface area (Å²) in [4.78, 5) is 20.0. The highest BCUT2D eigenvalue weighted by Gasteiger charge is 2.36. The van der Waals surface area contributed by atoms with Gasteiger partial charge in [-0.1, -0.05) is 0 Å². The number of rotatable bonds is 3. The van der Waals surface area contributed by atoms with E-state index < -0.39 is 5.60 Å². The summed E-state index contributed by atoms with van der Waals surface area (Å²) in [6, 6.07) is 4.16. The maximum Gasteiger partial charge on any atom is 0.163 e. The van der Waals surface area contributed by atoms with Gasteiger partial charge in [-0.3, -0.25) is 0 Å². The Morgan fingerprint density at radius 1 is 1.19 bits per heavy atom. The first kappa shape index (κ1) is 20.0. The van der Waals surface area contributed by atoms with Crippen LogP contribution in [0.4, 0.5) is 5.82 Å². The number of nitrogens with zero attached hydrogens (tertiary/aromatic N) is 4. The van der Waals surface area contributed by atoms with Crippen molar-refractivity contribution in [3.8, 4) is 11.4 Å². The van der Waals surface area contributed by atoms with Crippen LogP contribution in [0.2, 0.25) is 0 Å². The molecule has 1 atom stereocenters. The number of morpholine rings is 1. The van der Waals surface area contributed by atoms with Crippen molar-refractivity contribution >= 4 is 38.4 Å². The van der Waals surface area contributed by atoms with Crippen LogP contribution in [0.3, 0.4) is 0 Å². The lowest BCUT2D eigenvalue weighted by molar-refractivity contribution is -0.0668. The van der Waals surface area contributed by atoms with Gasteiger partial charge in [0.15, 0.2) is 11.6 Å². The predicted molar refractivity (Wildman–Crippen MR) is 124 cm³/mol. The quantitative estimate of drug-likeness (QED) is 0.492.